The summed E-state index contributed by atoms with van der Waals surface area (Å²) < 4.78 is 0. The summed E-state index contributed by atoms with van der Waals surface area (Å²) >= 11 is 0. The third kappa shape index (κ3) is 2.53. The van der Waals surface area contributed by atoms with E-state index in [1.165, 1.54) is 11.9 Å². The number of allylic oxidation sites excluding steroid dienone is 2. The van der Waals surface area contributed by atoms with Crippen LogP contribution in [0.2, 0.25) is 0 Å². The molecule has 1 aromatic heterocycles. The average Bonchev–Trinajstić information content (AvgIpc) is 2.74. The van der Waals surface area contributed by atoms with Gasteiger partial charge in [-0.2, -0.15) is 0 Å². The smallest absolute Gasteiger partial charge is 0.130 e. The van der Waals surface area contributed by atoms with Crippen LogP contribution in [-0.4, -0.2) is 21.7 Å². The number of hydrogen-bond donors (Lipinski definition) is 2. The fourth-order valence-electron chi connectivity index (χ4n) is 2.42. The van der Waals surface area contributed by atoms with E-state index in [0.29, 0.717) is 17.7 Å². The van der Waals surface area contributed by atoms with Gasteiger partial charge in [0.1, 0.15) is 12.1 Å². The summed E-state index contributed by atoms with van der Waals surface area (Å²) in [7, 11) is 0. The van der Waals surface area contributed by atoms with Crippen LogP contribution >= 0.6 is 0 Å². The number of anilines is 1. The predicted molar refractivity (Wildman–Crippen MR) is 72.8 cm³/mol. The van der Waals surface area contributed by atoms with Crippen LogP contribution in [0, 0.1) is 11.8 Å². The molecule has 0 bridgehead atoms. The van der Waals surface area contributed by atoms with Gasteiger partial charge in [0.15, 0.2) is 0 Å². The summed E-state index contributed by atoms with van der Waals surface area (Å²) in [4.78, 5) is 8.35. The van der Waals surface area contributed by atoms with Crippen molar-refractivity contribution >= 4 is 11.4 Å². The summed E-state index contributed by atoms with van der Waals surface area (Å²) in [5.74, 6) is 1.45. The third-order valence-electron chi connectivity index (χ3n) is 3.80. The van der Waals surface area contributed by atoms with Crippen molar-refractivity contribution in [2.24, 2.45) is 11.8 Å². The van der Waals surface area contributed by atoms with Crippen LogP contribution in [0.1, 0.15) is 37.9 Å². The van der Waals surface area contributed by atoms with Gasteiger partial charge in [0, 0.05) is 12.2 Å². The van der Waals surface area contributed by atoms with Gasteiger partial charge < -0.3 is 10.8 Å². The Morgan fingerprint density at radius 2 is 2.17 bits per heavy atom. The van der Waals surface area contributed by atoms with Crippen molar-refractivity contribution in [1.82, 2.24) is 9.97 Å². The topological polar surface area (TPSA) is 72.0 Å². The maximum absolute atomic E-state index is 9.34. The van der Waals surface area contributed by atoms with Crippen LogP contribution in [-0.2, 0) is 6.42 Å². The van der Waals surface area contributed by atoms with Crippen molar-refractivity contribution in [2.45, 2.75) is 33.1 Å². The highest BCUT2D eigenvalue weighted by molar-refractivity contribution is 5.73. The van der Waals surface area contributed by atoms with E-state index < -0.39 is 0 Å². The Bertz CT molecular complexity index is 454. The second kappa shape index (κ2) is 5.48. The van der Waals surface area contributed by atoms with E-state index in [0.717, 1.165) is 30.5 Å². The Balaban J connectivity index is 2.04. The second-order valence-electron chi connectivity index (χ2n) is 5.24. The van der Waals surface area contributed by atoms with Crippen LogP contribution < -0.4 is 5.73 Å². The number of nitrogens with two attached hydrogens (primary N) is 1. The van der Waals surface area contributed by atoms with Gasteiger partial charge in [-0.1, -0.05) is 19.9 Å². The van der Waals surface area contributed by atoms with Crippen molar-refractivity contribution in [3.63, 3.8) is 0 Å². The summed E-state index contributed by atoms with van der Waals surface area (Å²) in [6.45, 7) is 4.56. The Labute approximate surface area is 108 Å². The molecule has 3 N–H and O–H groups in total. The molecular weight excluding hydrogens is 226 g/mol. The van der Waals surface area contributed by atoms with E-state index in [1.54, 1.807) is 0 Å². The Morgan fingerprint density at radius 3 is 2.83 bits per heavy atom. The van der Waals surface area contributed by atoms with Gasteiger partial charge in [0.25, 0.3) is 0 Å². The lowest BCUT2D eigenvalue weighted by Gasteiger charge is -2.18. The fourth-order valence-corrected chi connectivity index (χ4v) is 2.42. The molecule has 1 heterocycles. The first kappa shape index (κ1) is 13.0. The van der Waals surface area contributed by atoms with Crippen molar-refractivity contribution in [2.75, 3.05) is 12.3 Å². The van der Waals surface area contributed by atoms with Crippen LogP contribution in [0.25, 0.3) is 5.57 Å². The molecule has 0 saturated carbocycles. The maximum Gasteiger partial charge on any atom is 0.130 e. The molecule has 0 amide bonds. The molecule has 2 rings (SSSR count). The van der Waals surface area contributed by atoms with Crippen molar-refractivity contribution in [3.05, 3.63) is 23.7 Å². The first-order chi connectivity index (χ1) is 8.63. The summed E-state index contributed by atoms with van der Waals surface area (Å²) in [5.41, 5.74) is 9.14. The van der Waals surface area contributed by atoms with Crippen molar-refractivity contribution in [1.29, 1.82) is 0 Å². The highest BCUT2D eigenvalue weighted by Crippen LogP contribution is 2.32. The second-order valence-corrected chi connectivity index (χ2v) is 5.24. The number of aliphatic hydroxyl groups is 1. The molecule has 0 spiro atoms. The van der Waals surface area contributed by atoms with E-state index in [1.807, 2.05) is 0 Å². The molecule has 0 unspecified atom stereocenters. The van der Waals surface area contributed by atoms with Crippen molar-refractivity contribution in [3.8, 4) is 0 Å². The highest BCUT2D eigenvalue weighted by Gasteiger charge is 2.20. The van der Waals surface area contributed by atoms with Crippen LogP contribution in [0.3, 0.4) is 0 Å². The first-order valence-corrected chi connectivity index (χ1v) is 6.53. The third-order valence-corrected chi connectivity index (χ3v) is 3.80. The molecule has 0 radical (unpaired) electrons. The zero-order valence-corrected chi connectivity index (χ0v) is 11.1. The zero-order valence-electron chi connectivity index (χ0n) is 11.1. The molecule has 0 aromatic carbocycles. The van der Waals surface area contributed by atoms with Crippen LogP contribution in [0.4, 0.5) is 5.82 Å². The van der Waals surface area contributed by atoms with Gasteiger partial charge in [0.05, 0.1) is 5.69 Å². The molecule has 1 atom stereocenters. The number of hydrogen-bond acceptors (Lipinski definition) is 4. The lowest BCUT2D eigenvalue weighted by Crippen LogP contribution is -2.13. The summed E-state index contributed by atoms with van der Waals surface area (Å²) in [6, 6.07) is 0. The highest BCUT2D eigenvalue weighted by atomic mass is 16.3. The quantitative estimate of drug-likeness (QED) is 0.835. The minimum absolute atomic E-state index is 0.254. The number of nitrogen functional groups attached to an aromatic ring is 1. The minimum atomic E-state index is 0.254. The Hall–Kier alpha value is -1.42. The maximum atomic E-state index is 9.34. The standard InChI is InChI=1S/C14H21N3O/c1-9(2)11(7-18)4-3-10-5-6-12-13(10)16-8-17-14(12)15/h5,8-9,11,18H,3-4,6-7H2,1-2H3,(H2,15,16,17)/t11-/m1/s1. The molecule has 1 aromatic rings. The number of fused-ring (bicyclic) bond motifs is 1. The molecule has 4 heteroatoms. The number of aliphatic hydroxyl groups excluding tert-OH is 1. The lowest BCUT2D eigenvalue weighted by molar-refractivity contribution is 0.182. The molecule has 0 fully saturated rings. The largest absolute Gasteiger partial charge is 0.396 e. The summed E-state index contributed by atoms with van der Waals surface area (Å²) in [6.07, 6.45) is 6.49. The van der Waals surface area contributed by atoms with E-state index in [9.17, 15) is 5.11 Å². The van der Waals surface area contributed by atoms with Gasteiger partial charge in [-0.3, -0.25) is 0 Å². The normalized spacial score (nSPS) is 15.7. The Morgan fingerprint density at radius 1 is 1.39 bits per heavy atom. The average molecular weight is 247 g/mol. The molecule has 98 valence electrons. The number of nitrogens with zero attached hydrogens (tertiary/aromatic N) is 2. The monoisotopic (exact) mass is 247 g/mol. The van der Waals surface area contributed by atoms with Crippen LogP contribution in [0.5, 0.6) is 0 Å². The van der Waals surface area contributed by atoms with Crippen molar-refractivity contribution < 1.29 is 5.11 Å². The first-order valence-electron chi connectivity index (χ1n) is 6.53. The minimum Gasteiger partial charge on any atom is -0.396 e. The fraction of sp³-hybridized carbons (Fsp3) is 0.571. The number of rotatable bonds is 5. The van der Waals surface area contributed by atoms with Gasteiger partial charge >= 0.3 is 0 Å². The van der Waals surface area contributed by atoms with Crippen LogP contribution in [0.15, 0.2) is 12.4 Å². The molecular formula is C14H21N3O. The van der Waals surface area contributed by atoms with E-state index in [2.05, 4.69) is 29.9 Å². The molecule has 18 heavy (non-hydrogen) atoms. The zero-order chi connectivity index (χ0) is 13.1. The van der Waals surface area contributed by atoms with E-state index in [-0.39, 0.29) is 6.61 Å². The number of aromatic nitrogens is 2. The lowest BCUT2D eigenvalue weighted by atomic mass is 9.90. The molecule has 0 saturated heterocycles. The molecule has 4 nitrogen and oxygen atoms in total. The van der Waals surface area contributed by atoms with Gasteiger partial charge in [-0.05, 0) is 36.7 Å². The van der Waals surface area contributed by atoms with Gasteiger partial charge in [-0.15, -0.1) is 0 Å². The summed E-state index contributed by atoms with van der Waals surface area (Å²) in [5, 5.41) is 9.34. The molecule has 1 aliphatic rings. The molecule has 0 aliphatic heterocycles. The Kier molecular flexibility index (Phi) is 3.97. The van der Waals surface area contributed by atoms with Gasteiger partial charge in [-0.25, -0.2) is 9.97 Å². The predicted octanol–water partition coefficient (Wildman–Crippen LogP) is 2.04. The van der Waals surface area contributed by atoms with E-state index in [4.69, 9.17) is 5.73 Å². The van der Waals surface area contributed by atoms with Gasteiger partial charge in [0.2, 0.25) is 0 Å². The SMILES string of the molecule is CC(C)[C@@H](CO)CCC1=CCc2c(N)ncnc21. The van der Waals surface area contributed by atoms with E-state index >= 15 is 0 Å². The molecule has 1 aliphatic carbocycles.